The van der Waals surface area contributed by atoms with Gasteiger partial charge in [-0.2, -0.15) is 0 Å². The van der Waals surface area contributed by atoms with Crippen LogP contribution in [0.4, 0.5) is 17.1 Å². The summed E-state index contributed by atoms with van der Waals surface area (Å²) in [4.78, 5) is 37.0. The summed E-state index contributed by atoms with van der Waals surface area (Å²) in [5.41, 5.74) is 2.22. The number of non-ortho nitro benzene ring substituents is 1. The molecule has 0 spiro atoms. The number of hydrogen-bond donors (Lipinski definition) is 1. The molecule has 1 aliphatic heterocycles. The third-order valence-corrected chi connectivity index (χ3v) is 4.53. The van der Waals surface area contributed by atoms with E-state index in [9.17, 15) is 19.7 Å². The van der Waals surface area contributed by atoms with Gasteiger partial charge in [0.25, 0.3) is 17.5 Å². The smallest absolute Gasteiger partial charge is 0.293 e. The van der Waals surface area contributed by atoms with Gasteiger partial charge in [-0.3, -0.25) is 19.7 Å². The Morgan fingerprint density at radius 2 is 1.96 bits per heavy atom. The third-order valence-electron chi connectivity index (χ3n) is 4.53. The van der Waals surface area contributed by atoms with E-state index in [1.165, 1.54) is 30.5 Å². The Hall–Kier alpha value is -3.94. The molecule has 3 aromatic rings. The number of benzene rings is 2. The maximum atomic E-state index is 12.6. The van der Waals surface area contributed by atoms with Crippen LogP contribution >= 0.6 is 0 Å². The zero-order chi connectivity index (χ0) is 19.7. The first-order valence-electron chi connectivity index (χ1n) is 8.57. The summed E-state index contributed by atoms with van der Waals surface area (Å²) in [6, 6.07) is 14.1. The third kappa shape index (κ3) is 3.23. The maximum absolute atomic E-state index is 12.6. The van der Waals surface area contributed by atoms with Crippen molar-refractivity contribution in [3.63, 3.8) is 0 Å². The van der Waals surface area contributed by atoms with Crippen LogP contribution in [-0.2, 0) is 6.42 Å². The van der Waals surface area contributed by atoms with E-state index >= 15 is 0 Å². The minimum absolute atomic E-state index is 0.156. The predicted molar refractivity (Wildman–Crippen MR) is 102 cm³/mol. The molecule has 8 nitrogen and oxygen atoms in total. The molecule has 2 aromatic carbocycles. The lowest BCUT2D eigenvalue weighted by Crippen LogP contribution is -2.28. The lowest BCUT2D eigenvalue weighted by molar-refractivity contribution is -0.384. The molecular formula is C20H15N3O5. The van der Waals surface area contributed by atoms with E-state index in [0.29, 0.717) is 24.3 Å². The molecule has 2 amide bonds. The average molecular weight is 377 g/mol. The number of fused-ring (bicyclic) bond motifs is 1. The molecule has 0 radical (unpaired) electrons. The summed E-state index contributed by atoms with van der Waals surface area (Å²) in [5, 5.41) is 13.6. The van der Waals surface area contributed by atoms with Crippen molar-refractivity contribution in [2.75, 3.05) is 16.8 Å². The molecule has 0 atom stereocenters. The number of anilines is 2. The summed E-state index contributed by atoms with van der Waals surface area (Å²) in [6.45, 7) is 0.525. The SMILES string of the molecule is O=C(Nc1ccc2c(c1)N(C(=O)c1ccco1)CC2)c1cccc([N+](=O)[O-])c1. The molecule has 1 aromatic heterocycles. The Morgan fingerprint density at radius 3 is 2.71 bits per heavy atom. The maximum Gasteiger partial charge on any atom is 0.293 e. The number of nitro benzene ring substituents is 1. The van der Waals surface area contributed by atoms with Crippen LogP contribution in [0.25, 0.3) is 0 Å². The number of carbonyl (C=O) groups is 2. The standard InChI is InChI=1S/C20H15N3O5/c24-19(14-3-1-4-16(11-14)23(26)27)21-15-7-6-13-8-9-22(17(13)12-15)20(25)18-5-2-10-28-18/h1-7,10-12H,8-9H2,(H,21,24). The van der Waals surface area contributed by atoms with Crippen LogP contribution in [0.5, 0.6) is 0 Å². The van der Waals surface area contributed by atoms with Crippen LogP contribution in [0.1, 0.15) is 26.5 Å². The van der Waals surface area contributed by atoms with Gasteiger partial charge in [0.15, 0.2) is 5.76 Å². The number of nitrogens with one attached hydrogen (secondary N) is 1. The monoisotopic (exact) mass is 377 g/mol. The van der Waals surface area contributed by atoms with Gasteiger partial charge in [0.1, 0.15) is 0 Å². The van der Waals surface area contributed by atoms with Crippen molar-refractivity contribution < 1.29 is 18.9 Å². The van der Waals surface area contributed by atoms with Crippen molar-refractivity contribution in [1.29, 1.82) is 0 Å². The van der Waals surface area contributed by atoms with Gasteiger partial charge in [0.05, 0.1) is 11.2 Å². The molecule has 0 saturated carbocycles. The van der Waals surface area contributed by atoms with Crippen molar-refractivity contribution in [2.24, 2.45) is 0 Å². The Morgan fingerprint density at radius 1 is 1.11 bits per heavy atom. The molecule has 0 fully saturated rings. The highest BCUT2D eigenvalue weighted by atomic mass is 16.6. The Labute approximate surface area is 159 Å². The largest absolute Gasteiger partial charge is 0.459 e. The second-order valence-corrected chi connectivity index (χ2v) is 6.29. The molecule has 0 aliphatic carbocycles. The number of furan rings is 1. The van der Waals surface area contributed by atoms with Crippen LogP contribution in [0.3, 0.4) is 0 Å². The highest BCUT2D eigenvalue weighted by Crippen LogP contribution is 2.32. The lowest BCUT2D eigenvalue weighted by atomic mass is 10.1. The fourth-order valence-corrected chi connectivity index (χ4v) is 3.17. The molecule has 1 aliphatic rings. The molecule has 8 heteroatoms. The Kier molecular flexibility index (Phi) is 4.36. The topological polar surface area (TPSA) is 106 Å². The van der Waals surface area contributed by atoms with Crippen LogP contribution in [0.15, 0.2) is 65.3 Å². The molecular weight excluding hydrogens is 362 g/mol. The second kappa shape index (κ2) is 6.99. The number of hydrogen-bond acceptors (Lipinski definition) is 5. The number of nitro groups is 1. The highest BCUT2D eigenvalue weighted by molar-refractivity contribution is 6.07. The van der Waals surface area contributed by atoms with Gasteiger partial charge in [-0.05, 0) is 42.3 Å². The zero-order valence-corrected chi connectivity index (χ0v) is 14.6. The van der Waals surface area contributed by atoms with E-state index in [0.717, 1.165) is 5.56 Å². The minimum Gasteiger partial charge on any atom is -0.459 e. The fourth-order valence-electron chi connectivity index (χ4n) is 3.17. The summed E-state index contributed by atoms with van der Waals surface area (Å²) < 4.78 is 5.19. The minimum atomic E-state index is -0.551. The van der Waals surface area contributed by atoms with Crippen molar-refractivity contribution in [3.05, 3.63) is 87.9 Å². The van der Waals surface area contributed by atoms with Gasteiger partial charge in [-0.1, -0.05) is 12.1 Å². The number of carbonyl (C=O) groups excluding carboxylic acids is 2. The lowest BCUT2D eigenvalue weighted by Gasteiger charge is -2.17. The first-order chi connectivity index (χ1) is 13.5. The van der Waals surface area contributed by atoms with Crippen LogP contribution < -0.4 is 10.2 Å². The molecule has 0 bridgehead atoms. The van der Waals surface area contributed by atoms with E-state index < -0.39 is 10.8 Å². The van der Waals surface area contributed by atoms with Gasteiger partial charge in [-0.25, -0.2) is 0 Å². The van der Waals surface area contributed by atoms with E-state index in [2.05, 4.69) is 5.32 Å². The average Bonchev–Trinajstić information content (AvgIpc) is 3.37. The molecule has 2 heterocycles. The number of rotatable bonds is 4. The molecule has 28 heavy (non-hydrogen) atoms. The first kappa shape index (κ1) is 17.5. The zero-order valence-electron chi connectivity index (χ0n) is 14.6. The molecule has 0 saturated heterocycles. The van der Waals surface area contributed by atoms with Crippen LogP contribution in [-0.4, -0.2) is 23.3 Å². The number of amides is 2. The van der Waals surface area contributed by atoms with E-state index in [4.69, 9.17) is 4.42 Å². The van der Waals surface area contributed by atoms with Crippen LogP contribution in [0, 0.1) is 10.1 Å². The Bertz CT molecular complexity index is 1080. The highest BCUT2D eigenvalue weighted by Gasteiger charge is 2.27. The van der Waals surface area contributed by atoms with E-state index in [1.807, 2.05) is 6.07 Å². The van der Waals surface area contributed by atoms with Gasteiger partial charge in [-0.15, -0.1) is 0 Å². The van der Waals surface area contributed by atoms with Gasteiger partial charge in [0, 0.05) is 35.6 Å². The van der Waals surface area contributed by atoms with Gasteiger partial charge < -0.3 is 14.6 Å². The van der Waals surface area contributed by atoms with Crippen LogP contribution in [0.2, 0.25) is 0 Å². The van der Waals surface area contributed by atoms with E-state index in [1.54, 1.807) is 29.2 Å². The summed E-state index contributed by atoms with van der Waals surface area (Å²) in [6.07, 6.45) is 2.15. The summed E-state index contributed by atoms with van der Waals surface area (Å²) in [5.74, 6) is -0.463. The van der Waals surface area contributed by atoms with Gasteiger partial charge in [0.2, 0.25) is 0 Å². The van der Waals surface area contributed by atoms with Crippen molar-refractivity contribution >= 4 is 28.9 Å². The molecule has 4 rings (SSSR count). The predicted octanol–water partition coefficient (Wildman–Crippen LogP) is 3.64. The van der Waals surface area contributed by atoms with Crippen molar-refractivity contribution in [1.82, 2.24) is 0 Å². The summed E-state index contributed by atoms with van der Waals surface area (Å²) >= 11 is 0. The Balaban J connectivity index is 1.57. The normalized spacial score (nSPS) is 12.5. The molecule has 140 valence electrons. The number of nitrogens with zero attached hydrogens (tertiary/aromatic N) is 2. The fraction of sp³-hybridized carbons (Fsp3) is 0.100. The van der Waals surface area contributed by atoms with Crippen molar-refractivity contribution in [2.45, 2.75) is 6.42 Å². The molecule has 1 N–H and O–H groups in total. The van der Waals surface area contributed by atoms with Gasteiger partial charge >= 0.3 is 0 Å². The van der Waals surface area contributed by atoms with Crippen molar-refractivity contribution in [3.8, 4) is 0 Å². The quantitative estimate of drug-likeness (QED) is 0.552. The second-order valence-electron chi connectivity index (χ2n) is 6.29. The first-order valence-corrected chi connectivity index (χ1v) is 8.57. The van der Waals surface area contributed by atoms with E-state index in [-0.39, 0.29) is 22.9 Å². The summed E-state index contributed by atoms with van der Waals surface area (Å²) in [7, 11) is 0. The molecule has 0 unspecified atom stereocenters.